The molecule has 1 radical (unpaired) electrons. The molecule has 0 aromatic heterocycles. The summed E-state index contributed by atoms with van der Waals surface area (Å²) < 4.78 is 5.07. The van der Waals surface area contributed by atoms with Gasteiger partial charge < -0.3 is 4.74 Å². The van der Waals surface area contributed by atoms with Crippen LogP contribution >= 0.6 is 0 Å². The molecule has 1 aliphatic heterocycles. The third-order valence-corrected chi connectivity index (χ3v) is 1.08. The molecule has 1 nitrogen and oxygen atoms in total. The van der Waals surface area contributed by atoms with Crippen molar-refractivity contribution in [2.24, 2.45) is 0 Å². The Kier molecular flexibility index (Phi) is 5.33. The van der Waals surface area contributed by atoms with Crippen LogP contribution in [0.3, 0.4) is 0 Å². The summed E-state index contributed by atoms with van der Waals surface area (Å²) in [7, 11) is 0. The Balaban J connectivity index is 0.000000360. The molecule has 1 aliphatic rings. The van der Waals surface area contributed by atoms with E-state index in [9.17, 15) is 0 Å². The van der Waals surface area contributed by atoms with E-state index in [1.54, 1.807) is 0 Å². The zero-order chi connectivity index (χ0) is 4.24. The molecule has 7 heavy (non-hydrogen) atoms. The van der Waals surface area contributed by atoms with Crippen LogP contribution in [0.2, 0.25) is 0 Å². The number of rotatable bonds is 0. The summed E-state index contributed by atoms with van der Waals surface area (Å²) in [4.78, 5) is 0. The molecule has 1 rings (SSSR count). The van der Waals surface area contributed by atoms with Gasteiger partial charge in [0.15, 0.2) is 0 Å². The number of hydrogen-bond acceptors (Lipinski definition) is 1. The minimum atomic E-state index is 0. The van der Waals surface area contributed by atoms with Crippen molar-refractivity contribution in [2.75, 3.05) is 13.2 Å². The summed E-state index contributed by atoms with van der Waals surface area (Å²) in [5.74, 6) is 0. The Morgan fingerprint density at radius 1 is 0.857 bits per heavy atom. The van der Waals surface area contributed by atoms with Gasteiger partial charge in [0.1, 0.15) is 0 Å². The van der Waals surface area contributed by atoms with Crippen LogP contribution in [-0.4, -0.2) is 13.2 Å². The molecule has 0 aliphatic carbocycles. The molecule has 2 heteroatoms. The standard InChI is InChI=1S/C5H10O.Ta/c1-2-4-6-5-3-1;/h1-5H2;. The molecule has 1 saturated heterocycles. The zero-order valence-corrected chi connectivity index (χ0v) is 7.60. The summed E-state index contributed by atoms with van der Waals surface area (Å²) in [6.45, 7) is 2.00. The third-order valence-electron chi connectivity index (χ3n) is 1.08. The Hall–Kier alpha value is 0.700. The first kappa shape index (κ1) is 7.70. The van der Waals surface area contributed by atoms with Crippen molar-refractivity contribution in [2.45, 2.75) is 19.3 Å². The van der Waals surface area contributed by atoms with Gasteiger partial charge in [-0.2, -0.15) is 0 Å². The number of ether oxygens (including phenoxy) is 1. The van der Waals surface area contributed by atoms with Crippen molar-refractivity contribution in [3.05, 3.63) is 0 Å². The van der Waals surface area contributed by atoms with E-state index in [0.29, 0.717) is 0 Å². The van der Waals surface area contributed by atoms with Gasteiger partial charge in [0.05, 0.1) is 0 Å². The largest absolute Gasteiger partial charge is 0.381 e. The van der Waals surface area contributed by atoms with Crippen molar-refractivity contribution >= 4 is 0 Å². The first-order valence-corrected chi connectivity index (χ1v) is 2.58. The Morgan fingerprint density at radius 3 is 1.57 bits per heavy atom. The maximum absolute atomic E-state index is 5.07. The average Bonchev–Trinajstić information content (AvgIpc) is 1.72. The van der Waals surface area contributed by atoms with Gasteiger partial charge in [0.25, 0.3) is 0 Å². The summed E-state index contributed by atoms with van der Waals surface area (Å²) in [6, 6.07) is 0. The van der Waals surface area contributed by atoms with E-state index in [1.807, 2.05) is 0 Å². The molecule has 41 valence electrons. The van der Waals surface area contributed by atoms with Crippen LogP contribution in [-0.2, 0) is 27.1 Å². The molecule has 0 aromatic rings. The predicted molar refractivity (Wildman–Crippen MR) is 24.7 cm³/mol. The summed E-state index contributed by atoms with van der Waals surface area (Å²) >= 11 is 0. The first-order chi connectivity index (χ1) is 3.00. The van der Waals surface area contributed by atoms with E-state index in [1.165, 1.54) is 19.3 Å². The molecule has 0 spiro atoms. The second-order valence-electron chi connectivity index (χ2n) is 1.67. The van der Waals surface area contributed by atoms with Crippen molar-refractivity contribution in [1.82, 2.24) is 0 Å². The molecular formula is C5H10OTa. The van der Waals surface area contributed by atoms with Crippen LogP contribution in [0.25, 0.3) is 0 Å². The van der Waals surface area contributed by atoms with Crippen LogP contribution in [0.5, 0.6) is 0 Å². The Morgan fingerprint density at radius 2 is 1.43 bits per heavy atom. The summed E-state index contributed by atoms with van der Waals surface area (Å²) in [6.07, 6.45) is 3.93. The normalized spacial score (nSPS) is 20.6. The van der Waals surface area contributed by atoms with E-state index in [2.05, 4.69) is 0 Å². The molecule has 1 fully saturated rings. The van der Waals surface area contributed by atoms with Gasteiger partial charge in [-0.05, 0) is 19.3 Å². The summed E-state index contributed by atoms with van der Waals surface area (Å²) in [5, 5.41) is 0. The van der Waals surface area contributed by atoms with Crippen LogP contribution in [0.4, 0.5) is 0 Å². The van der Waals surface area contributed by atoms with Crippen LogP contribution in [0.1, 0.15) is 19.3 Å². The van der Waals surface area contributed by atoms with E-state index in [0.717, 1.165) is 13.2 Å². The monoisotopic (exact) mass is 267 g/mol. The first-order valence-electron chi connectivity index (χ1n) is 2.58. The van der Waals surface area contributed by atoms with Gasteiger partial charge in [0, 0.05) is 35.6 Å². The molecule has 0 unspecified atom stereocenters. The van der Waals surface area contributed by atoms with Gasteiger partial charge in [-0.3, -0.25) is 0 Å². The van der Waals surface area contributed by atoms with Crippen LogP contribution in [0, 0.1) is 0 Å². The van der Waals surface area contributed by atoms with E-state index >= 15 is 0 Å². The van der Waals surface area contributed by atoms with Gasteiger partial charge in [0.2, 0.25) is 0 Å². The van der Waals surface area contributed by atoms with Crippen molar-refractivity contribution in [3.63, 3.8) is 0 Å². The topological polar surface area (TPSA) is 9.23 Å². The van der Waals surface area contributed by atoms with Crippen molar-refractivity contribution in [3.8, 4) is 0 Å². The van der Waals surface area contributed by atoms with Gasteiger partial charge in [-0.25, -0.2) is 0 Å². The Labute approximate surface area is 59.9 Å². The molecule has 0 aromatic carbocycles. The van der Waals surface area contributed by atoms with E-state index in [-0.39, 0.29) is 22.4 Å². The zero-order valence-electron chi connectivity index (χ0n) is 4.39. The number of hydrogen-bond donors (Lipinski definition) is 0. The SMILES string of the molecule is C1CCOCC1.[Ta]. The molecule has 1 heterocycles. The fourth-order valence-electron chi connectivity index (χ4n) is 0.687. The average molecular weight is 267 g/mol. The smallest absolute Gasteiger partial charge is 0.0466 e. The third kappa shape index (κ3) is 3.30. The second-order valence-corrected chi connectivity index (χ2v) is 1.67. The predicted octanol–water partition coefficient (Wildman–Crippen LogP) is 1.18. The van der Waals surface area contributed by atoms with Gasteiger partial charge >= 0.3 is 0 Å². The van der Waals surface area contributed by atoms with Crippen LogP contribution < -0.4 is 0 Å². The van der Waals surface area contributed by atoms with Gasteiger partial charge in [-0.1, -0.05) is 0 Å². The summed E-state index contributed by atoms with van der Waals surface area (Å²) in [5.41, 5.74) is 0. The van der Waals surface area contributed by atoms with E-state index in [4.69, 9.17) is 4.74 Å². The van der Waals surface area contributed by atoms with Crippen molar-refractivity contribution < 1.29 is 27.1 Å². The van der Waals surface area contributed by atoms with Gasteiger partial charge in [-0.15, -0.1) is 0 Å². The van der Waals surface area contributed by atoms with Crippen molar-refractivity contribution in [1.29, 1.82) is 0 Å². The Bertz CT molecular complexity index is 23.6. The minimum Gasteiger partial charge on any atom is -0.381 e. The maximum atomic E-state index is 5.07. The molecule has 0 N–H and O–H groups in total. The quantitative estimate of drug-likeness (QED) is 0.640. The van der Waals surface area contributed by atoms with Crippen LogP contribution in [0.15, 0.2) is 0 Å². The van der Waals surface area contributed by atoms with E-state index < -0.39 is 0 Å². The molecule has 0 atom stereocenters. The minimum absolute atomic E-state index is 0. The second kappa shape index (κ2) is 4.85. The maximum Gasteiger partial charge on any atom is 0.0466 e. The molecule has 0 bridgehead atoms. The molecule has 0 amide bonds. The fraction of sp³-hybridized carbons (Fsp3) is 1.00. The molecule has 0 saturated carbocycles. The fourth-order valence-corrected chi connectivity index (χ4v) is 0.687. The molecular weight excluding hydrogens is 257 g/mol.